The van der Waals surface area contributed by atoms with Gasteiger partial charge in [0.25, 0.3) is 0 Å². The van der Waals surface area contributed by atoms with E-state index in [9.17, 15) is 4.79 Å². The van der Waals surface area contributed by atoms with Crippen molar-refractivity contribution in [2.75, 3.05) is 19.0 Å². The van der Waals surface area contributed by atoms with Gasteiger partial charge in [0, 0.05) is 18.3 Å². The van der Waals surface area contributed by atoms with Gasteiger partial charge in [0.15, 0.2) is 0 Å². The first kappa shape index (κ1) is 15.3. The number of benzene rings is 1. The molecule has 2 aromatic rings. The summed E-state index contributed by atoms with van der Waals surface area (Å²) in [6.45, 7) is 1.01. The fraction of sp³-hybridized carbons (Fsp3) is 0.286. The number of aromatic nitrogens is 2. The van der Waals surface area contributed by atoms with Crippen molar-refractivity contribution < 1.29 is 14.6 Å². The summed E-state index contributed by atoms with van der Waals surface area (Å²) in [6, 6.07) is 4.90. The van der Waals surface area contributed by atoms with Crippen molar-refractivity contribution in [3.05, 3.63) is 46.7 Å². The van der Waals surface area contributed by atoms with Gasteiger partial charge in [-0.2, -0.15) is 5.10 Å². The number of carbonyl (C=O) groups is 1. The molecule has 0 aliphatic carbocycles. The van der Waals surface area contributed by atoms with E-state index in [1.54, 1.807) is 29.1 Å². The lowest BCUT2D eigenvalue weighted by atomic mass is 10.2. The van der Waals surface area contributed by atoms with Crippen molar-refractivity contribution in [3.63, 3.8) is 0 Å². The highest BCUT2D eigenvalue weighted by molar-refractivity contribution is 6.33. The summed E-state index contributed by atoms with van der Waals surface area (Å²) in [5, 5.41) is 16.6. The lowest BCUT2D eigenvalue weighted by Gasteiger charge is -2.09. The third-order valence-electron chi connectivity index (χ3n) is 2.89. The van der Waals surface area contributed by atoms with E-state index in [0.717, 1.165) is 5.56 Å². The molecule has 0 unspecified atom stereocenters. The van der Waals surface area contributed by atoms with E-state index in [-0.39, 0.29) is 6.61 Å². The predicted molar refractivity (Wildman–Crippen MR) is 79.4 cm³/mol. The molecule has 1 aromatic carbocycles. The van der Waals surface area contributed by atoms with Crippen LogP contribution < -0.4 is 5.32 Å². The molecular weight excluding hydrogens is 294 g/mol. The third kappa shape index (κ3) is 3.96. The van der Waals surface area contributed by atoms with Crippen LogP contribution in [0.1, 0.15) is 15.9 Å². The number of nitrogens with zero attached hydrogens (tertiary/aromatic N) is 2. The van der Waals surface area contributed by atoms with Crippen LogP contribution >= 0.6 is 11.6 Å². The number of halogens is 1. The minimum Gasteiger partial charge on any atom is -0.465 e. The van der Waals surface area contributed by atoms with Crippen LogP contribution in [-0.2, 0) is 17.8 Å². The normalized spacial score (nSPS) is 10.4. The number of anilines is 1. The van der Waals surface area contributed by atoms with Crippen LogP contribution in [0.4, 0.5) is 5.69 Å². The SMILES string of the molecule is COC(=O)c1ccc(Cl)c(NCc2cnn(CCO)c2)c1. The maximum atomic E-state index is 11.5. The number of esters is 1. The fourth-order valence-corrected chi connectivity index (χ4v) is 2.01. The summed E-state index contributed by atoms with van der Waals surface area (Å²) in [6.07, 6.45) is 3.54. The summed E-state index contributed by atoms with van der Waals surface area (Å²) >= 11 is 6.10. The summed E-state index contributed by atoms with van der Waals surface area (Å²) in [4.78, 5) is 11.5. The van der Waals surface area contributed by atoms with Crippen LogP contribution in [0.2, 0.25) is 5.02 Å². The molecule has 0 fully saturated rings. The molecule has 0 saturated carbocycles. The van der Waals surface area contributed by atoms with E-state index in [1.165, 1.54) is 7.11 Å². The van der Waals surface area contributed by atoms with Gasteiger partial charge in [-0.25, -0.2) is 4.79 Å². The Balaban J connectivity index is 2.06. The molecule has 0 saturated heterocycles. The molecule has 6 nitrogen and oxygen atoms in total. The van der Waals surface area contributed by atoms with Crippen molar-refractivity contribution in [1.29, 1.82) is 0 Å². The molecule has 21 heavy (non-hydrogen) atoms. The van der Waals surface area contributed by atoms with Crippen molar-refractivity contribution in [1.82, 2.24) is 9.78 Å². The summed E-state index contributed by atoms with van der Waals surface area (Å²) in [5.74, 6) is -0.412. The van der Waals surface area contributed by atoms with Gasteiger partial charge in [-0.05, 0) is 18.2 Å². The molecule has 0 radical (unpaired) electrons. The summed E-state index contributed by atoms with van der Waals surface area (Å²) in [5.41, 5.74) is 2.03. The Hall–Kier alpha value is -2.05. The van der Waals surface area contributed by atoms with Gasteiger partial charge in [0.1, 0.15) is 0 Å². The molecule has 0 amide bonds. The Morgan fingerprint density at radius 3 is 3.05 bits per heavy atom. The molecule has 2 N–H and O–H groups in total. The zero-order valence-corrected chi connectivity index (χ0v) is 12.3. The highest BCUT2D eigenvalue weighted by Gasteiger charge is 2.09. The van der Waals surface area contributed by atoms with Gasteiger partial charge in [0.05, 0.1) is 42.7 Å². The Morgan fingerprint density at radius 2 is 2.33 bits per heavy atom. The second-order valence-corrected chi connectivity index (χ2v) is 4.78. The zero-order valence-electron chi connectivity index (χ0n) is 11.5. The van der Waals surface area contributed by atoms with E-state index >= 15 is 0 Å². The first-order valence-corrected chi connectivity index (χ1v) is 6.75. The zero-order chi connectivity index (χ0) is 15.2. The quantitative estimate of drug-likeness (QED) is 0.797. The van der Waals surface area contributed by atoms with Crippen molar-refractivity contribution in [2.24, 2.45) is 0 Å². The lowest BCUT2D eigenvalue weighted by Crippen LogP contribution is -2.04. The maximum Gasteiger partial charge on any atom is 0.337 e. The smallest absolute Gasteiger partial charge is 0.337 e. The van der Waals surface area contributed by atoms with E-state index in [0.29, 0.717) is 29.4 Å². The minimum atomic E-state index is -0.412. The second kappa shape index (κ2) is 7.10. The van der Waals surface area contributed by atoms with E-state index in [1.807, 2.05) is 6.20 Å². The van der Waals surface area contributed by atoms with Crippen LogP contribution in [0, 0.1) is 0 Å². The average molecular weight is 310 g/mol. The molecule has 0 aliphatic rings. The highest BCUT2D eigenvalue weighted by atomic mass is 35.5. The fourth-order valence-electron chi connectivity index (χ4n) is 1.83. The maximum absolute atomic E-state index is 11.5. The van der Waals surface area contributed by atoms with E-state index in [2.05, 4.69) is 15.2 Å². The van der Waals surface area contributed by atoms with Crippen LogP contribution in [0.5, 0.6) is 0 Å². The van der Waals surface area contributed by atoms with E-state index in [4.69, 9.17) is 16.7 Å². The molecule has 112 valence electrons. The number of nitrogens with one attached hydrogen (secondary N) is 1. The third-order valence-corrected chi connectivity index (χ3v) is 3.22. The lowest BCUT2D eigenvalue weighted by molar-refractivity contribution is 0.0601. The Morgan fingerprint density at radius 1 is 1.52 bits per heavy atom. The van der Waals surface area contributed by atoms with E-state index < -0.39 is 5.97 Å². The largest absolute Gasteiger partial charge is 0.465 e. The minimum absolute atomic E-state index is 0.0432. The topological polar surface area (TPSA) is 76.4 Å². The van der Waals surface area contributed by atoms with Crippen LogP contribution in [0.3, 0.4) is 0 Å². The first-order valence-electron chi connectivity index (χ1n) is 6.38. The number of aliphatic hydroxyl groups excluding tert-OH is 1. The highest BCUT2D eigenvalue weighted by Crippen LogP contribution is 2.24. The molecule has 0 bridgehead atoms. The van der Waals surface area contributed by atoms with Gasteiger partial charge >= 0.3 is 5.97 Å². The molecule has 2 rings (SSSR count). The number of hydrogen-bond donors (Lipinski definition) is 2. The number of rotatable bonds is 6. The van der Waals surface area contributed by atoms with Crippen LogP contribution in [0.15, 0.2) is 30.6 Å². The molecule has 0 spiro atoms. The molecule has 1 aromatic heterocycles. The summed E-state index contributed by atoms with van der Waals surface area (Å²) in [7, 11) is 1.33. The predicted octanol–water partition coefficient (Wildman–Crippen LogP) is 1.93. The first-order chi connectivity index (χ1) is 10.1. The van der Waals surface area contributed by atoms with Crippen molar-refractivity contribution in [3.8, 4) is 0 Å². The van der Waals surface area contributed by atoms with Gasteiger partial charge in [-0.15, -0.1) is 0 Å². The second-order valence-electron chi connectivity index (χ2n) is 4.38. The molecule has 0 atom stereocenters. The molecule has 0 aliphatic heterocycles. The van der Waals surface area contributed by atoms with Gasteiger partial charge in [-0.1, -0.05) is 11.6 Å². The number of carbonyl (C=O) groups excluding carboxylic acids is 1. The Labute approximate surface area is 127 Å². The average Bonchev–Trinajstić information content (AvgIpc) is 2.93. The Bertz CT molecular complexity index is 628. The number of ether oxygens (including phenoxy) is 1. The standard InChI is InChI=1S/C14H16ClN3O3/c1-21-14(20)11-2-3-12(15)13(6-11)16-7-10-8-17-18(9-10)4-5-19/h2-3,6,8-9,16,19H,4-5,7H2,1H3. The van der Waals surface area contributed by atoms with Gasteiger partial charge < -0.3 is 15.2 Å². The molecule has 7 heteroatoms. The molecular formula is C14H16ClN3O3. The molecule has 1 heterocycles. The van der Waals surface area contributed by atoms with Gasteiger partial charge in [-0.3, -0.25) is 4.68 Å². The number of aliphatic hydroxyl groups is 1. The summed E-state index contributed by atoms with van der Waals surface area (Å²) < 4.78 is 6.33. The van der Waals surface area contributed by atoms with Crippen molar-refractivity contribution >= 4 is 23.3 Å². The van der Waals surface area contributed by atoms with Gasteiger partial charge in [0.2, 0.25) is 0 Å². The number of methoxy groups -OCH3 is 1. The van der Waals surface area contributed by atoms with Crippen LogP contribution in [0.25, 0.3) is 0 Å². The Kier molecular flexibility index (Phi) is 5.19. The monoisotopic (exact) mass is 309 g/mol. The van der Waals surface area contributed by atoms with Crippen molar-refractivity contribution in [2.45, 2.75) is 13.1 Å². The van der Waals surface area contributed by atoms with Crippen LogP contribution in [-0.4, -0.2) is 34.6 Å². The number of hydrogen-bond acceptors (Lipinski definition) is 5.